The van der Waals surface area contributed by atoms with Gasteiger partial charge >= 0.3 is 5.97 Å². The highest BCUT2D eigenvalue weighted by atomic mass is 127. The molecule has 0 aromatic heterocycles. The van der Waals surface area contributed by atoms with E-state index in [0.29, 0.717) is 0 Å². The van der Waals surface area contributed by atoms with Gasteiger partial charge in [-0.2, -0.15) is 0 Å². The summed E-state index contributed by atoms with van der Waals surface area (Å²) in [5, 5.41) is 2.31. The molecule has 110 valence electrons. The van der Waals surface area contributed by atoms with E-state index in [4.69, 9.17) is 4.74 Å². The van der Waals surface area contributed by atoms with Crippen LogP contribution in [0.5, 0.6) is 0 Å². The molecule has 3 nitrogen and oxygen atoms in total. The number of quaternary nitrogens is 1. The topological polar surface area (TPSA) is 42.9 Å². The molecule has 0 radical (unpaired) electrons. The lowest BCUT2D eigenvalue weighted by Crippen LogP contribution is -2.84. The minimum Gasteiger partial charge on any atom is -0.453 e. The van der Waals surface area contributed by atoms with Gasteiger partial charge in [0.25, 0.3) is 0 Å². The summed E-state index contributed by atoms with van der Waals surface area (Å²) < 4.78 is 5.55. The Labute approximate surface area is 134 Å². The molecule has 1 atom stereocenters. The number of carbonyl (C=O) groups excluding carboxylic acids is 1. The lowest BCUT2D eigenvalue weighted by Gasteiger charge is -2.34. The van der Waals surface area contributed by atoms with Crippen molar-refractivity contribution >= 4 is 28.6 Å². The van der Waals surface area contributed by atoms with Gasteiger partial charge in [0.15, 0.2) is 0 Å². The largest absolute Gasteiger partial charge is 0.453 e. The zero-order valence-corrected chi connectivity index (χ0v) is 14.4. The molecule has 1 aliphatic heterocycles. The fraction of sp³-hybridized carbons (Fsp3) is 0.562. The van der Waals surface area contributed by atoms with Gasteiger partial charge in [0.1, 0.15) is 9.02 Å². The summed E-state index contributed by atoms with van der Waals surface area (Å²) in [7, 11) is 0. The van der Waals surface area contributed by atoms with Crippen LogP contribution in [0.3, 0.4) is 0 Å². The molecule has 0 bridgehead atoms. The Hall–Kier alpha value is -0.620. The maximum absolute atomic E-state index is 12.4. The van der Waals surface area contributed by atoms with Crippen molar-refractivity contribution in [3.05, 3.63) is 35.9 Å². The van der Waals surface area contributed by atoms with E-state index in [0.717, 1.165) is 37.9 Å². The lowest BCUT2D eigenvalue weighted by molar-refractivity contribution is -0.653. The van der Waals surface area contributed by atoms with Gasteiger partial charge in [-0.3, -0.25) is 4.79 Å². The Balaban J connectivity index is 2.31. The van der Waals surface area contributed by atoms with Crippen LogP contribution in [0.1, 0.15) is 38.7 Å². The van der Waals surface area contributed by atoms with Crippen molar-refractivity contribution in [2.24, 2.45) is 0 Å². The number of halogens is 1. The highest BCUT2D eigenvalue weighted by Gasteiger charge is 2.40. The Morgan fingerprint density at radius 1 is 1.25 bits per heavy atom. The van der Waals surface area contributed by atoms with E-state index < -0.39 is 9.02 Å². The van der Waals surface area contributed by atoms with Crippen LogP contribution in [0, 0.1) is 0 Å². The first kappa shape index (κ1) is 15.8. The first-order valence-corrected chi connectivity index (χ1v) is 8.31. The molecule has 1 heterocycles. The van der Waals surface area contributed by atoms with Crippen LogP contribution in [0.15, 0.2) is 30.3 Å². The van der Waals surface area contributed by atoms with E-state index in [9.17, 15) is 4.79 Å². The second kappa shape index (κ2) is 6.43. The van der Waals surface area contributed by atoms with Crippen LogP contribution >= 0.6 is 22.6 Å². The SMILES string of the molecule is CC(C)(I)C(=O)OC1(c2ccccc2)CCC[NH2+]CC1. The molecular formula is C16H23INO2+. The maximum Gasteiger partial charge on any atom is 0.322 e. The maximum atomic E-state index is 12.4. The molecule has 1 aromatic rings. The van der Waals surface area contributed by atoms with Gasteiger partial charge in [0, 0.05) is 12.8 Å². The molecule has 20 heavy (non-hydrogen) atoms. The monoisotopic (exact) mass is 388 g/mol. The van der Waals surface area contributed by atoms with E-state index in [1.165, 1.54) is 0 Å². The van der Waals surface area contributed by atoms with E-state index >= 15 is 0 Å². The second-order valence-corrected chi connectivity index (χ2v) is 8.64. The van der Waals surface area contributed by atoms with Crippen LogP contribution in [0.25, 0.3) is 0 Å². The molecule has 1 unspecified atom stereocenters. The average Bonchev–Trinajstić information content (AvgIpc) is 2.65. The molecule has 1 saturated heterocycles. The molecule has 0 amide bonds. The second-order valence-electron chi connectivity index (χ2n) is 5.94. The first-order valence-electron chi connectivity index (χ1n) is 7.24. The van der Waals surface area contributed by atoms with Crippen molar-refractivity contribution < 1.29 is 14.8 Å². The lowest BCUT2D eigenvalue weighted by atomic mass is 9.86. The van der Waals surface area contributed by atoms with Crippen LogP contribution < -0.4 is 5.32 Å². The van der Waals surface area contributed by atoms with Crippen molar-refractivity contribution in [1.29, 1.82) is 0 Å². The van der Waals surface area contributed by atoms with E-state index in [1.54, 1.807) is 0 Å². The number of benzene rings is 1. The molecule has 1 fully saturated rings. The number of alkyl halides is 1. The molecular weight excluding hydrogens is 365 g/mol. The van der Waals surface area contributed by atoms with Gasteiger partial charge in [-0.05, 0) is 25.8 Å². The smallest absolute Gasteiger partial charge is 0.322 e. The molecule has 2 N–H and O–H groups in total. The predicted octanol–water partition coefficient (Wildman–Crippen LogP) is 2.39. The zero-order valence-electron chi connectivity index (χ0n) is 12.2. The van der Waals surface area contributed by atoms with Crippen LogP contribution in [0.4, 0.5) is 0 Å². The van der Waals surface area contributed by atoms with E-state index in [-0.39, 0.29) is 5.97 Å². The third-order valence-electron chi connectivity index (χ3n) is 3.81. The van der Waals surface area contributed by atoms with Gasteiger partial charge in [-0.1, -0.05) is 52.9 Å². The first-order chi connectivity index (χ1) is 9.44. The summed E-state index contributed by atoms with van der Waals surface area (Å²) in [6, 6.07) is 10.2. The number of hydrogen-bond acceptors (Lipinski definition) is 2. The van der Waals surface area contributed by atoms with Crippen molar-refractivity contribution in [2.45, 2.75) is 42.1 Å². The Morgan fingerprint density at radius 2 is 1.95 bits per heavy atom. The van der Waals surface area contributed by atoms with Gasteiger partial charge in [0.05, 0.1) is 13.1 Å². The summed E-state index contributed by atoms with van der Waals surface area (Å²) >= 11 is 2.15. The summed E-state index contributed by atoms with van der Waals surface area (Å²) in [6.07, 6.45) is 2.87. The van der Waals surface area contributed by atoms with Crippen molar-refractivity contribution in [2.75, 3.05) is 13.1 Å². The van der Waals surface area contributed by atoms with Crippen LogP contribution in [-0.4, -0.2) is 22.5 Å². The number of nitrogens with two attached hydrogens (primary N) is 1. The number of rotatable bonds is 3. The summed E-state index contributed by atoms with van der Waals surface area (Å²) in [6.45, 7) is 5.92. The molecule has 0 saturated carbocycles. The Kier molecular flexibility index (Phi) is 5.07. The normalized spacial score (nSPS) is 23.9. The van der Waals surface area contributed by atoms with Gasteiger partial charge in [0.2, 0.25) is 0 Å². The minimum atomic E-state index is -0.491. The average molecular weight is 388 g/mol. The van der Waals surface area contributed by atoms with Crippen LogP contribution in [-0.2, 0) is 15.1 Å². The van der Waals surface area contributed by atoms with Crippen molar-refractivity contribution in [3.63, 3.8) is 0 Å². The number of hydrogen-bond donors (Lipinski definition) is 1. The van der Waals surface area contributed by atoms with Gasteiger partial charge in [-0.15, -0.1) is 0 Å². The van der Waals surface area contributed by atoms with Crippen molar-refractivity contribution in [1.82, 2.24) is 0 Å². The predicted molar refractivity (Wildman–Crippen MR) is 87.8 cm³/mol. The molecule has 4 heteroatoms. The number of esters is 1. The molecule has 0 spiro atoms. The summed E-state index contributed by atoms with van der Waals surface area (Å²) in [5.41, 5.74) is 0.678. The number of ether oxygens (including phenoxy) is 1. The molecule has 0 aliphatic carbocycles. The Bertz CT molecular complexity index is 445. The number of carbonyl (C=O) groups is 1. The summed E-state index contributed by atoms with van der Waals surface area (Å²) in [4.78, 5) is 12.4. The summed E-state index contributed by atoms with van der Waals surface area (Å²) in [5.74, 6) is -0.121. The third-order valence-corrected chi connectivity index (χ3v) is 4.25. The molecule has 1 aromatic carbocycles. The van der Waals surface area contributed by atoms with Crippen molar-refractivity contribution in [3.8, 4) is 0 Å². The fourth-order valence-corrected chi connectivity index (χ4v) is 2.74. The minimum absolute atomic E-state index is 0.121. The quantitative estimate of drug-likeness (QED) is 0.491. The fourth-order valence-electron chi connectivity index (χ4n) is 2.63. The highest BCUT2D eigenvalue weighted by Crippen LogP contribution is 2.37. The van der Waals surface area contributed by atoms with E-state index in [2.05, 4.69) is 40.0 Å². The van der Waals surface area contributed by atoms with Gasteiger partial charge in [-0.25, -0.2) is 0 Å². The molecule has 2 rings (SSSR count). The third kappa shape index (κ3) is 3.73. The van der Waals surface area contributed by atoms with Crippen LogP contribution in [0.2, 0.25) is 0 Å². The zero-order chi connectivity index (χ0) is 14.6. The van der Waals surface area contributed by atoms with E-state index in [1.807, 2.05) is 32.0 Å². The Morgan fingerprint density at radius 3 is 2.60 bits per heavy atom. The highest BCUT2D eigenvalue weighted by molar-refractivity contribution is 14.1. The van der Waals surface area contributed by atoms with Gasteiger partial charge < -0.3 is 10.1 Å². The standard InChI is InChI=1S/C16H22INO2/c1-15(2,17)14(19)20-16(9-6-11-18-12-10-16)13-7-4-3-5-8-13/h3-5,7-8,18H,6,9-12H2,1-2H3/p+1. The molecule has 1 aliphatic rings.